The Balaban J connectivity index is 1.87. The summed E-state index contributed by atoms with van der Waals surface area (Å²) in [5.74, 6) is 0. The quantitative estimate of drug-likeness (QED) is 0.781. The van der Waals surface area contributed by atoms with Crippen LogP contribution in [0.1, 0.15) is 30.5 Å². The number of benzene rings is 2. The van der Waals surface area contributed by atoms with E-state index in [-0.39, 0.29) is 12.5 Å². The zero-order chi connectivity index (χ0) is 13.1. The van der Waals surface area contributed by atoms with Crippen LogP contribution >= 0.6 is 0 Å². The van der Waals surface area contributed by atoms with Gasteiger partial charge in [-0.15, -0.1) is 0 Å². The lowest BCUT2D eigenvalue weighted by molar-refractivity contribution is -0.300. The van der Waals surface area contributed by atoms with E-state index in [1.807, 2.05) is 36.4 Å². The van der Waals surface area contributed by atoms with Gasteiger partial charge in [0.2, 0.25) is 0 Å². The number of hydrogen-bond acceptors (Lipinski definition) is 3. The highest BCUT2D eigenvalue weighted by Gasteiger charge is 2.37. The highest BCUT2D eigenvalue weighted by Crippen LogP contribution is 2.39. The summed E-state index contributed by atoms with van der Waals surface area (Å²) in [6, 6.07) is 20.3. The standard InChI is InChI=1S/C16H17NO2/c1-2-17-15(13-9-5-3-6-10-13)18-19-16(17)14-11-7-4-8-12-14/h3-12,15-16H,2H2,1H3/t15-,16+. The molecule has 0 bridgehead atoms. The molecule has 0 aromatic heterocycles. The summed E-state index contributed by atoms with van der Waals surface area (Å²) in [7, 11) is 0. The van der Waals surface area contributed by atoms with Gasteiger partial charge in [0.1, 0.15) is 0 Å². The SMILES string of the molecule is CCN1[C@@H](c2ccccc2)OO[C@H]1c1ccccc1. The molecule has 2 aromatic carbocycles. The Bertz CT molecular complexity index is 467. The fourth-order valence-electron chi connectivity index (χ4n) is 2.40. The van der Waals surface area contributed by atoms with Gasteiger partial charge in [-0.05, 0) is 11.1 Å². The maximum absolute atomic E-state index is 5.54. The van der Waals surface area contributed by atoms with Gasteiger partial charge in [-0.25, -0.2) is 14.7 Å². The Morgan fingerprint density at radius 1 is 0.789 bits per heavy atom. The lowest BCUT2D eigenvalue weighted by Crippen LogP contribution is -2.26. The maximum atomic E-state index is 5.54. The third-order valence-corrected chi connectivity index (χ3v) is 3.37. The third kappa shape index (κ3) is 2.40. The summed E-state index contributed by atoms with van der Waals surface area (Å²) in [5.41, 5.74) is 2.23. The van der Waals surface area contributed by atoms with Crippen molar-refractivity contribution in [3.63, 3.8) is 0 Å². The molecular formula is C16H17NO2. The van der Waals surface area contributed by atoms with Crippen LogP contribution in [0.25, 0.3) is 0 Å². The molecule has 1 saturated heterocycles. The van der Waals surface area contributed by atoms with Crippen LogP contribution < -0.4 is 0 Å². The Labute approximate surface area is 113 Å². The molecule has 2 atom stereocenters. The average molecular weight is 255 g/mol. The van der Waals surface area contributed by atoms with Gasteiger partial charge in [-0.3, -0.25) is 0 Å². The molecule has 3 heteroatoms. The normalized spacial score (nSPS) is 23.6. The van der Waals surface area contributed by atoms with Crippen molar-refractivity contribution >= 4 is 0 Å². The fraction of sp³-hybridized carbons (Fsp3) is 0.250. The lowest BCUT2D eigenvalue weighted by Gasteiger charge is -2.23. The summed E-state index contributed by atoms with van der Waals surface area (Å²) in [6.07, 6.45) is -0.284. The number of nitrogens with zero attached hydrogens (tertiary/aromatic N) is 1. The van der Waals surface area contributed by atoms with Crippen LogP contribution in [0, 0.1) is 0 Å². The zero-order valence-electron chi connectivity index (χ0n) is 10.9. The van der Waals surface area contributed by atoms with Gasteiger partial charge in [-0.1, -0.05) is 67.6 Å². The first-order valence-electron chi connectivity index (χ1n) is 6.58. The van der Waals surface area contributed by atoms with Gasteiger partial charge >= 0.3 is 0 Å². The molecular weight excluding hydrogens is 238 g/mol. The summed E-state index contributed by atoms with van der Waals surface area (Å²) in [6.45, 7) is 2.98. The van der Waals surface area contributed by atoms with E-state index < -0.39 is 0 Å². The molecule has 1 fully saturated rings. The summed E-state index contributed by atoms with van der Waals surface area (Å²) >= 11 is 0. The highest BCUT2D eigenvalue weighted by molar-refractivity contribution is 5.21. The van der Waals surface area contributed by atoms with Crippen molar-refractivity contribution < 1.29 is 9.78 Å². The monoisotopic (exact) mass is 255 g/mol. The molecule has 0 spiro atoms. The van der Waals surface area contributed by atoms with Crippen molar-refractivity contribution in [2.45, 2.75) is 19.4 Å². The van der Waals surface area contributed by atoms with E-state index in [2.05, 4.69) is 36.1 Å². The second-order valence-electron chi connectivity index (χ2n) is 4.55. The van der Waals surface area contributed by atoms with Crippen LogP contribution in [0.4, 0.5) is 0 Å². The van der Waals surface area contributed by atoms with Crippen LogP contribution in [0.3, 0.4) is 0 Å². The number of hydrogen-bond donors (Lipinski definition) is 0. The molecule has 0 N–H and O–H groups in total. The highest BCUT2D eigenvalue weighted by atomic mass is 17.2. The molecule has 3 rings (SSSR count). The molecule has 98 valence electrons. The van der Waals surface area contributed by atoms with Gasteiger partial charge in [-0.2, -0.15) is 0 Å². The average Bonchev–Trinajstić information content (AvgIpc) is 2.93. The number of rotatable bonds is 3. The van der Waals surface area contributed by atoms with Crippen molar-refractivity contribution in [1.82, 2.24) is 4.90 Å². The van der Waals surface area contributed by atoms with E-state index in [1.54, 1.807) is 0 Å². The second-order valence-corrected chi connectivity index (χ2v) is 4.55. The van der Waals surface area contributed by atoms with E-state index in [0.717, 1.165) is 17.7 Å². The molecule has 0 saturated carbocycles. The molecule has 0 amide bonds. The Hall–Kier alpha value is -1.68. The van der Waals surface area contributed by atoms with Crippen LogP contribution in [0.15, 0.2) is 60.7 Å². The first-order chi connectivity index (χ1) is 9.40. The van der Waals surface area contributed by atoms with Gasteiger partial charge in [0.05, 0.1) is 0 Å². The Morgan fingerprint density at radius 2 is 1.21 bits per heavy atom. The lowest BCUT2D eigenvalue weighted by atomic mass is 10.1. The van der Waals surface area contributed by atoms with Crippen LogP contribution in [0.5, 0.6) is 0 Å². The summed E-state index contributed by atoms with van der Waals surface area (Å²) < 4.78 is 0. The van der Waals surface area contributed by atoms with Gasteiger partial charge < -0.3 is 0 Å². The molecule has 1 heterocycles. The summed E-state index contributed by atoms with van der Waals surface area (Å²) in [4.78, 5) is 13.3. The minimum absolute atomic E-state index is 0.142. The van der Waals surface area contributed by atoms with E-state index >= 15 is 0 Å². The van der Waals surface area contributed by atoms with Crippen LogP contribution in [-0.4, -0.2) is 11.4 Å². The zero-order valence-corrected chi connectivity index (χ0v) is 10.9. The van der Waals surface area contributed by atoms with Crippen molar-refractivity contribution in [3.8, 4) is 0 Å². The second kappa shape index (κ2) is 5.53. The van der Waals surface area contributed by atoms with Crippen LogP contribution in [-0.2, 0) is 9.78 Å². The smallest absolute Gasteiger partial charge is 0.174 e. The minimum Gasteiger partial charge on any atom is -0.240 e. The van der Waals surface area contributed by atoms with Crippen LogP contribution in [0.2, 0.25) is 0 Å². The topological polar surface area (TPSA) is 21.7 Å². The predicted octanol–water partition coefficient (Wildman–Crippen LogP) is 3.67. The molecule has 19 heavy (non-hydrogen) atoms. The van der Waals surface area contributed by atoms with E-state index in [0.29, 0.717) is 0 Å². The van der Waals surface area contributed by atoms with Gasteiger partial charge in [0, 0.05) is 6.54 Å². The largest absolute Gasteiger partial charge is 0.240 e. The van der Waals surface area contributed by atoms with Crippen molar-refractivity contribution in [3.05, 3.63) is 71.8 Å². The minimum atomic E-state index is -0.142. The first kappa shape index (κ1) is 12.4. The van der Waals surface area contributed by atoms with E-state index in [4.69, 9.17) is 9.78 Å². The third-order valence-electron chi connectivity index (χ3n) is 3.37. The molecule has 1 aliphatic heterocycles. The van der Waals surface area contributed by atoms with Crippen molar-refractivity contribution in [2.75, 3.05) is 6.54 Å². The van der Waals surface area contributed by atoms with E-state index in [1.165, 1.54) is 0 Å². The molecule has 0 radical (unpaired) electrons. The Kier molecular flexibility index (Phi) is 3.60. The first-order valence-corrected chi connectivity index (χ1v) is 6.58. The predicted molar refractivity (Wildman–Crippen MR) is 72.9 cm³/mol. The Morgan fingerprint density at radius 3 is 1.58 bits per heavy atom. The van der Waals surface area contributed by atoms with Gasteiger partial charge in [0.15, 0.2) is 12.5 Å². The molecule has 1 aliphatic rings. The van der Waals surface area contributed by atoms with E-state index in [9.17, 15) is 0 Å². The fourth-order valence-corrected chi connectivity index (χ4v) is 2.40. The molecule has 0 unspecified atom stereocenters. The molecule has 3 nitrogen and oxygen atoms in total. The van der Waals surface area contributed by atoms with Crippen molar-refractivity contribution in [2.24, 2.45) is 0 Å². The maximum Gasteiger partial charge on any atom is 0.174 e. The molecule has 0 aliphatic carbocycles. The summed E-state index contributed by atoms with van der Waals surface area (Å²) in [5, 5.41) is 0. The van der Waals surface area contributed by atoms with Gasteiger partial charge in [0.25, 0.3) is 0 Å². The van der Waals surface area contributed by atoms with Crippen molar-refractivity contribution in [1.29, 1.82) is 0 Å². The molecule has 2 aromatic rings.